The van der Waals surface area contributed by atoms with Crippen LogP contribution in [0, 0.1) is 5.82 Å². The number of aromatic nitrogens is 2. The molecule has 0 saturated carbocycles. The molecule has 2 aromatic heterocycles. The molecule has 0 saturated heterocycles. The van der Waals surface area contributed by atoms with Gasteiger partial charge in [0.05, 0.1) is 9.48 Å². The van der Waals surface area contributed by atoms with E-state index in [1.807, 2.05) is 18.2 Å². The fraction of sp³-hybridized carbons (Fsp3) is 0. The van der Waals surface area contributed by atoms with Gasteiger partial charge < -0.3 is 0 Å². The quantitative estimate of drug-likeness (QED) is 0.674. The zero-order valence-electron chi connectivity index (χ0n) is 9.68. The Morgan fingerprint density at radius 3 is 2.53 bits per heavy atom. The summed E-state index contributed by atoms with van der Waals surface area (Å²) < 4.78 is 13.8. The molecule has 0 N–H and O–H groups in total. The molecule has 0 aliphatic heterocycles. The van der Waals surface area contributed by atoms with Crippen molar-refractivity contribution in [1.29, 1.82) is 0 Å². The number of benzene rings is 1. The average Bonchev–Trinajstić information content (AvgIpc) is 2.83. The Labute approximate surface area is 122 Å². The van der Waals surface area contributed by atoms with Crippen LogP contribution in [0.15, 0.2) is 52.4 Å². The topological polar surface area (TPSA) is 25.8 Å². The highest BCUT2D eigenvalue weighted by Gasteiger charge is 2.13. The molecule has 0 aliphatic rings. The molecule has 0 unspecified atom stereocenters. The first-order valence-electron chi connectivity index (χ1n) is 5.58. The van der Waals surface area contributed by atoms with Gasteiger partial charge in [-0.05, 0) is 52.3 Å². The van der Waals surface area contributed by atoms with E-state index in [0.717, 1.165) is 25.7 Å². The lowest BCUT2D eigenvalue weighted by Crippen LogP contribution is -1.83. The SMILES string of the molecule is Fc1ccc(-c2nc(-c3ccccn3)c(Br)s2)cc1. The van der Waals surface area contributed by atoms with Gasteiger partial charge in [-0.2, -0.15) is 0 Å². The Morgan fingerprint density at radius 1 is 1.05 bits per heavy atom. The van der Waals surface area contributed by atoms with Crippen LogP contribution in [0.1, 0.15) is 0 Å². The number of hydrogen-bond donors (Lipinski definition) is 0. The smallest absolute Gasteiger partial charge is 0.125 e. The molecule has 0 radical (unpaired) electrons. The molecule has 0 atom stereocenters. The normalized spacial score (nSPS) is 10.6. The highest BCUT2D eigenvalue weighted by atomic mass is 79.9. The van der Waals surface area contributed by atoms with Gasteiger partial charge in [-0.3, -0.25) is 4.98 Å². The number of nitrogens with zero attached hydrogens (tertiary/aromatic N) is 2. The molecule has 0 aliphatic carbocycles. The first-order chi connectivity index (χ1) is 9.24. The first-order valence-corrected chi connectivity index (χ1v) is 7.18. The lowest BCUT2D eigenvalue weighted by molar-refractivity contribution is 0.628. The van der Waals surface area contributed by atoms with Crippen LogP contribution in [0.4, 0.5) is 4.39 Å². The van der Waals surface area contributed by atoms with Gasteiger partial charge in [-0.1, -0.05) is 6.07 Å². The van der Waals surface area contributed by atoms with Crippen molar-refractivity contribution in [3.8, 4) is 22.0 Å². The van der Waals surface area contributed by atoms with E-state index in [4.69, 9.17) is 0 Å². The monoisotopic (exact) mass is 334 g/mol. The summed E-state index contributed by atoms with van der Waals surface area (Å²) in [6, 6.07) is 12.0. The Bertz CT molecular complexity index is 695. The van der Waals surface area contributed by atoms with Crippen molar-refractivity contribution in [2.45, 2.75) is 0 Å². The van der Waals surface area contributed by atoms with Crippen molar-refractivity contribution in [1.82, 2.24) is 9.97 Å². The summed E-state index contributed by atoms with van der Waals surface area (Å²) in [6.45, 7) is 0. The summed E-state index contributed by atoms with van der Waals surface area (Å²) in [7, 11) is 0. The summed E-state index contributed by atoms with van der Waals surface area (Å²) in [5, 5.41) is 0.840. The summed E-state index contributed by atoms with van der Waals surface area (Å²) in [5.74, 6) is -0.246. The zero-order valence-corrected chi connectivity index (χ0v) is 12.1. The fourth-order valence-electron chi connectivity index (χ4n) is 1.68. The second-order valence-electron chi connectivity index (χ2n) is 3.86. The highest BCUT2D eigenvalue weighted by molar-refractivity contribution is 9.11. The average molecular weight is 335 g/mol. The Hall–Kier alpha value is -1.59. The third-order valence-corrected chi connectivity index (χ3v) is 4.34. The Kier molecular flexibility index (Phi) is 3.40. The highest BCUT2D eigenvalue weighted by Crippen LogP contribution is 2.36. The predicted octanol–water partition coefficient (Wildman–Crippen LogP) is 4.77. The van der Waals surface area contributed by atoms with E-state index >= 15 is 0 Å². The molecule has 2 nitrogen and oxygen atoms in total. The van der Waals surface area contributed by atoms with E-state index in [2.05, 4.69) is 25.9 Å². The summed E-state index contributed by atoms with van der Waals surface area (Å²) in [5.41, 5.74) is 2.53. The van der Waals surface area contributed by atoms with Crippen LogP contribution < -0.4 is 0 Å². The van der Waals surface area contributed by atoms with Gasteiger partial charge in [0.25, 0.3) is 0 Å². The van der Waals surface area contributed by atoms with E-state index in [0.29, 0.717) is 0 Å². The van der Waals surface area contributed by atoms with Crippen LogP contribution in [-0.4, -0.2) is 9.97 Å². The van der Waals surface area contributed by atoms with Gasteiger partial charge in [0, 0.05) is 11.8 Å². The maximum absolute atomic E-state index is 12.9. The van der Waals surface area contributed by atoms with Crippen molar-refractivity contribution in [2.75, 3.05) is 0 Å². The summed E-state index contributed by atoms with van der Waals surface area (Å²) >= 11 is 5.02. The van der Waals surface area contributed by atoms with E-state index in [1.54, 1.807) is 18.3 Å². The van der Waals surface area contributed by atoms with Crippen molar-refractivity contribution >= 4 is 27.3 Å². The van der Waals surface area contributed by atoms with Gasteiger partial charge in [0.1, 0.15) is 16.5 Å². The van der Waals surface area contributed by atoms with Crippen LogP contribution in [0.3, 0.4) is 0 Å². The molecular formula is C14H8BrFN2S. The molecule has 0 spiro atoms. The van der Waals surface area contributed by atoms with Crippen molar-refractivity contribution in [2.24, 2.45) is 0 Å². The number of thiazole rings is 1. The number of pyridine rings is 1. The van der Waals surface area contributed by atoms with Crippen molar-refractivity contribution in [3.05, 3.63) is 58.3 Å². The van der Waals surface area contributed by atoms with E-state index in [9.17, 15) is 4.39 Å². The summed E-state index contributed by atoms with van der Waals surface area (Å²) in [6.07, 6.45) is 1.73. The minimum Gasteiger partial charge on any atom is -0.255 e. The van der Waals surface area contributed by atoms with Crippen LogP contribution in [-0.2, 0) is 0 Å². The molecule has 1 aromatic carbocycles. The number of hydrogen-bond acceptors (Lipinski definition) is 3. The maximum Gasteiger partial charge on any atom is 0.125 e. The lowest BCUT2D eigenvalue weighted by Gasteiger charge is -1.96. The van der Waals surface area contributed by atoms with Crippen LogP contribution in [0.25, 0.3) is 22.0 Å². The predicted molar refractivity (Wildman–Crippen MR) is 78.4 cm³/mol. The molecule has 0 bridgehead atoms. The zero-order chi connectivity index (χ0) is 13.2. The largest absolute Gasteiger partial charge is 0.255 e. The van der Waals surface area contributed by atoms with Gasteiger partial charge in [-0.15, -0.1) is 11.3 Å². The van der Waals surface area contributed by atoms with Crippen molar-refractivity contribution < 1.29 is 4.39 Å². The molecule has 0 amide bonds. The fourth-order valence-corrected chi connectivity index (χ4v) is 3.24. The number of halogens is 2. The van der Waals surface area contributed by atoms with Crippen LogP contribution >= 0.6 is 27.3 Å². The van der Waals surface area contributed by atoms with Crippen molar-refractivity contribution in [3.63, 3.8) is 0 Å². The maximum atomic E-state index is 12.9. The van der Waals surface area contributed by atoms with Gasteiger partial charge in [0.2, 0.25) is 0 Å². The molecule has 19 heavy (non-hydrogen) atoms. The molecule has 94 valence electrons. The molecule has 2 heterocycles. The second kappa shape index (κ2) is 5.19. The van der Waals surface area contributed by atoms with Crippen LogP contribution in [0.5, 0.6) is 0 Å². The molecular weight excluding hydrogens is 327 g/mol. The lowest BCUT2D eigenvalue weighted by atomic mass is 10.2. The number of rotatable bonds is 2. The molecule has 3 aromatic rings. The minimum absolute atomic E-state index is 0.246. The van der Waals surface area contributed by atoms with E-state index < -0.39 is 0 Å². The van der Waals surface area contributed by atoms with Gasteiger partial charge >= 0.3 is 0 Å². The van der Waals surface area contributed by atoms with Crippen LogP contribution in [0.2, 0.25) is 0 Å². The van der Waals surface area contributed by atoms with Gasteiger partial charge in [-0.25, -0.2) is 9.37 Å². The minimum atomic E-state index is -0.246. The summed E-state index contributed by atoms with van der Waals surface area (Å²) in [4.78, 5) is 8.85. The molecule has 0 fully saturated rings. The third kappa shape index (κ3) is 2.57. The standard InChI is InChI=1S/C14H8BrFN2S/c15-13-12(11-3-1-2-8-17-11)18-14(19-13)9-4-6-10(16)7-5-9/h1-8H. The molecule has 3 rings (SSSR count). The first kappa shape index (κ1) is 12.4. The van der Waals surface area contributed by atoms with E-state index in [1.165, 1.54) is 23.5 Å². The molecule has 5 heteroatoms. The van der Waals surface area contributed by atoms with E-state index in [-0.39, 0.29) is 5.82 Å². The second-order valence-corrected chi connectivity index (χ2v) is 6.18. The Morgan fingerprint density at radius 2 is 1.84 bits per heavy atom. The third-order valence-electron chi connectivity index (χ3n) is 2.58. The van der Waals surface area contributed by atoms with Gasteiger partial charge in [0.15, 0.2) is 0 Å². The Balaban J connectivity index is 2.04.